The molecule has 0 saturated heterocycles. The molecule has 0 atom stereocenters. The second-order valence-electron chi connectivity index (χ2n) is 12.1. The van der Waals surface area contributed by atoms with Gasteiger partial charge in [0.2, 0.25) is 0 Å². The molecule has 0 amide bonds. The summed E-state index contributed by atoms with van der Waals surface area (Å²) < 4.78 is 6.07. The maximum absolute atomic E-state index is 3.04. The first-order valence-electron chi connectivity index (χ1n) is 16.2. The molecule has 0 saturated carbocycles. The van der Waals surface area contributed by atoms with Gasteiger partial charge in [0.05, 0.1) is 0 Å². The Morgan fingerprint density at radius 2 is 0.528 bits per heavy atom. The molecule has 0 radical (unpaired) electrons. The molecule has 4 heteroatoms. The van der Waals surface area contributed by atoms with Gasteiger partial charge in [-0.2, -0.15) is 0 Å². The number of nitrogens with zero attached hydrogens (tertiary/aromatic N) is 2. The van der Waals surface area contributed by atoms with Gasteiger partial charge in [-0.15, -0.1) is 0 Å². The van der Waals surface area contributed by atoms with E-state index in [4.69, 9.17) is 0 Å². The Hall–Kier alpha value is -0.486. The summed E-state index contributed by atoms with van der Waals surface area (Å²) in [4.78, 5) is 0. The quantitative estimate of drug-likeness (QED) is 0.143. The van der Waals surface area contributed by atoms with Crippen molar-refractivity contribution in [1.29, 1.82) is 0 Å². The third-order valence-electron chi connectivity index (χ3n) is 9.31. The average molecular weight is 535 g/mol. The molecule has 1 aliphatic heterocycles. The lowest BCUT2D eigenvalue weighted by Gasteiger charge is -2.55. The first-order valence-corrected chi connectivity index (χ1v) is 21.3. The van der Waals surface area contributed by atoms with Crippen molar-refractivity contribution < 1.29 is 0 Å². The van der Waals surface area contributed by atoms with Crippen LogP contribution in [0.3, 0.4) is 0 Å². The number of rotatable bonds is 20. The van der Waals surface area contributed by atoms with Gasteiger partial charge in [0.15, 0.2) is 16.5 Å². The fraction of sp³-hybridized carbons (Fsp3) is 0.875. The van der Waals surface area contributed by atoms with Crippen LogP contribution in [-0.4, -0.2) is 25.6 Å². The van der Waals surface area contributed by atoms with Gasteiger partial charge < -0.3 is 9.13 Å². The Balaban J connectivity index is 3.72. The Morgan fingerprint density at radius 3 is 0.667 bits per heavy atom. The highest BCUT2D eigenvalue weighted by Crippen LogP contribution is 2.46. The van der Waals surface area contributed by atoms with Gasteiger partial charge in [0.1, 0.15) is 0 Å². The fourth-order valence-corrected chi connectivity index (χ4v) is 19.4. The van der Waals surface area contributed by atoms with Gasteiger partial charge in [-0.3, -0.25) is 0 Å². The van der Waals surface area contributed by atoms with Crippen molar-refractivity contribution >= 4 is 16.5 Å². The lowest BCUT2D eigenvalue weighted by Crippen LogP contribution is -2.58. The third kappa shape index (κ3) is 8.25. The fourth-order valence-electron chi connectivity index (χ4n) is 7.03. The Labute approximate surface area is 230 Å². The van der Waals surface area contributed by atoms with Crippen molar-refractivity contribution in [3.8, 4) is 0 Å². The maximum atomic E-state index is 3.04. The second kappa shape index (κ2) is 17.2. The summed E-state index contributed by atoms with van der Waals surface area (Å²) in [6, 6.07) is 8.85. The Bertz CT molecular complexity index is 556. The monoisotopic (exact) mass is 534 g/mol. The van der Waals surface area contributed by atoms with Crippen LogP contribution in [0.5, 0.6) is 0 Å². The van der Waals surface area contributed by atoms with Gasteiger partial charge >= 0.3 is 0 Å². The van der Waals surface area contributed by atoms with Crippen molar-refractivity contribution in [2.75, 3.05) is 0 Å². The normalized spacial score (nSPS) is 15.5. The molecule has 0 aromatic rings. The smallest absolute Gasteiger partial charge is 0.161 e. The molecule has 1 heterocycles. The van der Waals surface area contributed by atoms with Crippen LogP contribution < -0.4 is 0 Å². The van der Waals surface area contributed by atoms with E-state index < -0.39 is 16.5 Å². The van der Waals surface area contributed by atoms with Crippen LogP contribution in [0.15, 0.2) is 22.8 Å². The van der Waals surface area contributed by atoms with E-state index >= 15 is 0 Å². The molecular formula is C32H66N2Si2. The zero-order valence-electron chi connectivity index (χ0n) is 26.6. The summed E-state index contributed by atoms with van der Waals surface area (Å²) in [5.74, 6) is 0. The zero-order chi connectivity index (χ0) is 27.2. The molecule has 1 aliphatic rings. The highest BCUT2D eigenvalue weighted by molar-refractivity contribution is 6.79. The topological polar surface area (TPSA) is 6.48 Å². The van der Waals surface area contributed by atoms with Crippen molar-refractivity contribution in [1.82, 2.24) is 9.13 Å². The highest BCUT2D eigenvalue weighted by atomic mass is 28.3. The molecule has 36 heavy (non-hydrogen) atoms. The van der Waals surface area contributed by atoms with E-state index in [1.807, 2.05) is 0 Å². The van der Waals surface area contributed by atoms with Crippen LogP contribution in [0.1, 0.15) is 146 Å². The van der Waals surface area contributed by atoms with Gasteiger partial charge in [-0.05, 0) is 64.0 Å². The first kappa shape index (κ1) is 33.5. The van der Waals surface area contributed by atoms with Crippen LogP contribution in [0.4, 0.5) is 0 Å². The highest BCUT2D eigenvalue weighted by Gasteiger charge is 2.46. The average Bonchev–Trinajstić information content (AvgIpc) is 2.88. The molecule has 0 aliphatic carbocycles. The molecule has 0 N–H and O–H groups in total. The zero-order valence-corrected chi connectivity index (χ0v) is 28.6. The summed E-state index contributed by atoms with van der Waals surface area (Å²) in [5.41, 5.74) is 6.53. The number of hydrogen-bond acceptors (Lipinski definition) is 2. The lowest BCUT2D eigenvalue weighted by atomic mass is 10.2. The van der Waals surface area contributed by atoms with E-state index in [2.05, 4.69) is 78.4 Å². The maximum Gasteiger partial charge on any atom is 0.161 e. The van der Waals surface area contributed by atoms with E-state index in [-0.39, 0.29) is 0 Å². The molecular weight excluding hydrogens is 469 g/mol. The minimum atomic E-state index is -1.63. The SMILES string of the molecule is CCCC[Si](CCCC)(CCCC)N1C(C)=C(C)N([Si](CCCC)(CCCC)CCCC)C(C)=C1C. The van der Waals surface area contributed by atoms with E-state index in [0.717, 1.165) is 0 Å². The molecule has 2 nitrogen and oxygen atoms in total. The van der Waals surface area contributed by atoms with E-state index in [0.29, 0.717) is 0 Å². The van der Waals surface area contributed by atoms with Crippen molar-refractivity contribution in [2.24, 2.45) is 0 Å². The molecule has 212 valence electrons. The van der Waals surface area contributed by atoms with Gasteiger partial charge in [0.25, 0.3) is 0 Å². The summed E-state index contributed by atoms with van der Waals surface area (Å²) in [6.07, 6.45) is 16.4. The van der Waals surface area contributed by atoms with Crippen LogP contribution in [-0.2, 0) is 0 Å². The number of hydrogen-bond donors (Lipinski definition) is 0. The van der Waals surface area contributed by atoms with Crippen molar-refractivity contribution in [3.05, 3.63) is 22.8 Å². The van der Waals surface area contributed by atoms with Crippen LogP contribution in [0, 0.1) is 0 Å². The Morgan fingerprint density at radius 1 is 0.361 bits per heavy atom. The largest absolute Gasteiger partial charge is 0.373 e. The van der Waals surface area contributed by atoms with Crippen molar-refractivity contribution in [2.45, 2.75) is 183 Å². The molecule has 0 spiro atoms. The van der Waals surface area contributed by atoms with Crippen molar-refractivity contribution in [3.63, 3.8) is 0 Å². The van der Waals surface area contributed by atoms with Gasteiger partial charge in [0, 0.05) is 22.8 Å². The van der Waals surface area contributed by atoms with Crippen LogP contribution in [0.2, 0.25) is 36.3 Å². The summed E-state index contributed by atoms with van der Waals surface area (Å²) in [6.45, 7) is 24.4. The summed E-state index contributed by atoms with van der Waals surface area (Å²) in [5, 5.41) is 0. The van der Waals surface area contributed by atoms with E-state index in [1.165, 1.54) is 113 Å². The standard InChI is InChI=1S/C32H66N2Si2/c1-11-17-23-35(24-18-12-2,25-19-13-3)33-29(7)31(9)34(32(10)30(33)8)36(26-20-14-4,27-21-15-5)28-22-16-6/h11-28H2,1-10H3. The summed E-state index contributed by atoms with van der Waals surface area (Å²) in [7, 11) is -3.25. The second-order valence-corrected chi connectivity index (χ2v) is 20.9. The summed E-state index contributed by atoms with van der Waals surface area (Å²) >= 11 is 0. The number of allylic oxidation sites excluding steroid dienone is 4. The van der Waals surface area contributed by atoms with Crippen LogP contribution in [0.25, 0.3) is 0 Å². The van der Waals surface area contributed by atoms with E-state index in [9.17, 15) is 0 Å². The molecule has 0 bridgehead atoms. The predicted octanol–water partition coefficient (Wildman–Crippen LogP) is 11.8. The molecule has 0 unspecified atom stereocenters. The van der Waals surface area contributed by atoms with Crippen LogP contribution >= 0.6 is 0 Å². The molecule has 1 rings (SSSR count). The minimum absolute atomic E-state index is 1.33. The third-order valence-corrected chi connectivity index (χ3v) is 20.3. The Kier molecular flexibility index (Phi) is 16.0. The first-order chi connectivity index (χ1) is 17.3. The van der Waals surface area contributed by atoms with Gasteiger partial charge in [-0.25, -0.2) is 0 Å². The van der Waals surface area contributed by atoms with Gasteiger partial charge in [-0.1, -0.05) is 119 Å². The predicted molar refractivity (Wildman–Crippen MR) is 170 cm³/mol. The minimum Gasteiger partial charge on any atom is -0.373 e. The molecule has 0 aromatic heterocycles. The van der Waals surface area contributed by atoms with E-state index in [1.54, 1.807) is 22.8 Å². The molecule has 0 aromatic carbocycles. The lowest BCUT2D eigenvalue weighted by molar-refractivity contribution is 0.461. The number of unbranched alkanes of at least 4 members (excludes halogenated alkanes) is 6. The molecule has 0 fully saturated rings.